The quantitative estimate of drug-likeness (QED) is 0.465. The molecule has 0 spiro atoms. The number of carbonyl (C=O) groups is 1. The van der Waals surface area contributed by atoms with Crippen LogP contribution in [0.2, 0.25) is 0 Å². The van der Waals surface area contributed by atoms with Gasteiger partial charge in [-0.05, 0) is 0 Å². The molecule has 1 heterocycles. The van der Waals surface area contributed by atoms with Gasteiger partial charge in [-0.2, -0.15) is 10.3 Å². The molecule has 0 aromatic rings. The van der Waals surface area contributed by atoms with Crippen LogP contribution in [0.4, 0.5) is 0 Å². The molecule has 0 aliphatic carbocycles. The van der Waals surface area contributed by atoms with E-state index in [1.807, 2.05) is 0 Å². The number of hydrogen-bond acceptors (Lipinski definition) is 4. The molecule has 0 aromatic heterocycles. The lowest BCUT2D eigenvalue weighted by Crippen LogP contribution is -2.23. The van der Waals surface area contributed by atoms with Gasteiger partial charge in [0, 0.05) is 6.21 Å². The Morgan fingerprint density at radius 2 is 2.50 bits per heavy atom. The van der Waals surface area contributed by atoms with Gasteiger partial charge in [0.2, 0.25) is 5.96 Å². The van der Waals surface area contributed by atoms with Crippen molar-refractivity contribution in [3.8, 4) is 6.07 Å². The summed E-state index contributed by atoms with van der Waals surface area (Å²) in [5.74, 6) is -1.49. The second kappa shape index (κ2) is 2.27. The number of nitrogens with two attached hydrogens (primary N) is 1. The van der Waals surface area contributed by atoms with E-state index in [4.69, 9.17) is 11.0 Å². The minimum atomic E-state index is -0.854. The van der Waals surface area contributed by atoms with Crippen molar-refractivity contribution in [2.24, 2.45) is 21.6 Å². The third-order valence-electron chi connectivity index (χ3n) is 0.986. The molecule has 0 bridgehead atoms. The number of rotatable bonds is 0. The van der Waals surface area contributed by atoms with Crippen LogP contribution < -0.4 is 5.73 Å². The Bertz CT molecular complexity index is 259. The first kappa shape index (κ1) is 6.42. The van der Waals surface area contributed by atoms with Gasteiger partial charge in [-0.25, -0.2) is 4.99 Å². The van der Waals surface area contributed by atoms with E-state index < -0.39 is 11.8 Å². The maximum atomic E-state index is 10.7. The number of guanidine groups is 1. The van der Waals surface area contributed by atoms with Crippen LogP contribution in [-0.2, 0) is 4.79 Å². The molecule has 1 aliphatic rings. The fourth-order valence-corrected chi connectivity index (χ4v) is 0.515. The van der Waals surface area contributed by atoms with E-state index in [9.17, 15) is 4.79 Å². The number of hydrogen-bond donors (Lipinski definition) is 1. The fraction of sp³-hybridized carbons (Fsp3) is 0.200. The molecule has 0 fully saturated rings. The summed E-state index contributed by atoms with van der Waals surface area (Å²) >= 11 is 0. The summed E-state index contributed by atoms with van der Waals surface area (Å²) in [6, 6.07) is 1.71. The zero-order valence-electron chi connectivity index (χ0n) is 4.98. The van der Waals surface area contributed by atoms with Crippen LogP contribution in [0.15, 0.2) is 9.98 Å². The van der Waals surface area contributed by atoms with Gasteiger partial charge >= 0.3 is 0 Å². The molecule has 5 nitrogen and oxygen atoms in total. The number of nitriles is 1. The second-order valence-electron chi connectivity index (χ2n) is 1.69. The number of aliphatic imine (C=N–C) groups is 2. The summed E-state index contributed by atoms with van der Waals surface area (Å²) < 4.78 is 0. The molecule has 0 saturated heterocycles. The highest BCUT2D eigenvalue weighted by atomic mass is 16.1. The summed E-state index contributed by atoms with van der Waals surface area (Å²) in [4.78, 5) is 17.4. The SMILES string of the molecule is N#CC1C=NC(N)=NC1=O. The summed E-state index contributed by atoms with van der Waals surface area (Å²) in [5.41, 5.74) is 5.06. The standard InChI is InChI=1S/C5H4N4O/c6-1-3-2-8-5(7)9-4(3)10/h2-3H,(H2,7,9,10). The van der Waals surface area contributed by atoms with Gasteiger partial charge in [-0.1, -0.05) is 0 Å². The molecule has 5 heteroatoms. The van der Waals surface area contributed by atoms with Gasteiger partial charge < -0.3 is 5.73 Å². The normalized spacial score (nSPS) is 23.7. The second-order valence-corrected chi connectivity index (χ2v) is 1.69. The maximum Gasteiger partial charge on any atom is 0.271 e. The van der Waals surface area contributed by atoms with Crippen LogP contribution in [-0.4, -0.2) is 18.1 Å². The molecular formula is C5H4N4O. The highest BCUT2D eigenvalue weighted by molar-refractivity contribution is 6.09. The van der Waals surface area contributed by atoms with Gasteiger partial charge in [0.1, 0.15) is 0 Å². The van der Waals surface area contributed by atoms with E-state index in [0.717, 1.165) is 0 Å². The predicted molar refractivity (Wildman–Crippen MR) is 34.2 cm³/mol. The lowest BCUT2D eigenvalue weighted by molar-refractivity contribution is -0.118. The molecule has 2 N–H and O–H groups in total. The minimum absolute atomic E-state index is 0.0866. The number of nitrogens with zero attached hydrogens (tertiary/aromatic N) is 3. The third-order valence-corrected chi connectivity index (χ3v) is 0.986. The first-order valence-electron chi connectivity index (χ1n) is 2.56. The highest BCUT2D eigenvalue weighted by Gasteiger charge is 2.18. The average molecular weight is 136 g/mol. The Balaban J connectivity index is 2.87. The highest BCUT2D eigenvalue weighted by Crippen LogP contribution is 1.98. The average Bonchev–Trinajstić information content (AvgIpc) is 1.88. The Morgan fingerprint density at radius 1 is 1.80 bits per heavy atom. The van der Waals surface area contributed by atoms with Gasteiger partial charge in [0.15, 0.2) is 5.92 Å². The summed E-state index contributed by atoms with van der Waals surface area (Å²) in [6.45, 7) is 0. The van der Waals surface area contributed by atoms with Crippen molar-refractivity contribution in [3.63, 3.8) is 0 Å². The number of carbonyl (C=O) groups excluding carboxylic acids is 1. The van der Waals surface area contributed by atoms with Crippen molar-refractivity contribution < 1.29 is 4.79 Å². The summed E-state index contributed by atoms with van der Waals surface area (Å²) in [6.07, 6.45) is 1.19. The molecule has 10 heavy (non-hydrogen) atoms. The lowest BCUT2D eigenvalue weighted by Gasteiger charge is -2.01. The van der Waals surface area contributed by atoms with E-state index in [2.05, 4.69) is 9.98 Å². The van der Waals surface area contributed by atoms with Crippen LogP contribution in [0.25, 0.3) is 0 Å². The smallest absolute Gasteiger partial charge is 0.271 e. The molecule has 1 atom stereocenters. The molecule has 0 saturated carbocycles. The van der Waals surface area contributed by atoms with Gasteiger partial charge in [-0.3, -0.25) is 4.79 Å². The molecule has 50 valence electrons. The van der Waals surface area contributed by atoms with E-state index in [1.54, 1.807) is 6.07 Å². The van der Waals surface area contributed by atoms with Crippen LogP contribution in [0.1, 0.15) is 0 Å². The van der Waals surface area contributed by atoms with Crippen molar-refractivity contribution in [3.05, 3.63) is 0 Å². The zero-order valence-corrected chi connectivity index (χ0v) is 4.98. The largest absolute Gasteiger partial charge is 0.368 e. The van der Waals surface area contributed by atoms with Crippen LogP contribution in [0, 0.1) is 17.2 Å². The first-order valence-corrected chi connectivity index (χ1v) is 2.56. The topological polar surface area (TPSA) is 91.6 Å². The maximum absolute atomic E-state index is 10.7. The van der Waals surface area contributed by atoms with Crippen molar-refractivity contribution in [1.29, 1.82) is 5.26 Å². The molecule has 1 aliphatic heterocycles. The van der Waals surface area contributed by atoms with Gasteiger partial charge in [0.25, 0.3) is 5.91 Å². The van der Waals surface area contributed by atoms with Crippen molar-refractivity contribution in [2.45, 2.75) is 0 Å². The molecular weight excluding hydrogens is 132 g/mol. The molecule has 0 radical (unpaired) electrons. The molecule has 1 amide bonds. The van der Waals surface area contributed by atoms with Crippen molar-refractivity contribution in [2.75, 3.05) is 0 Å². The summed E-state index contributed by atoms with van der Waals surface area (Å²) in [5, 5.41) is 8.28. The van der Waals surface area contributed by atoms with Crippen molar-refractivity contribution >= 4 is 18.1 Å². The van der Waals surface area contributed by atoms with E-state index >= 15 is 0 Å². The predicted octanol–water partition coefficient (Wildman–Crippen LogP) is -0.948. The Labute approximate surface area is 56.9 Å². The monoisotopic (exact) mass is 136 g/mol. The Hall–Kier alpha value is -1.70. The van der Waals surface area contributed by atoms with Crippen LogP contribution in [0.3, 0.4) is 0 Å². The van der Waals surface area contributed by atoms with Crippen LogP contribution in [0.5, 0.6) is 0 Å². The summed E-state index contributed by atoms with van der Waals surface area (Å²) in [7, 11) is 0. The first-order chi connectivity index (χ1) is 4.74. The lowest BCUT2D eigenvalue weighted by atomic mass is 10.2. The molecule has 1 rings (SSSR count). The zero-order chi connectivity index (χ0) is 7.56. The molecule has 1 unspecified atom stereocenters. The van der Waals surface area contributed by atoms with Gasteiger partial charge in [0.05, 0.1) is 6.07 Å². The van der Waals surface area contributed by atoms with E-state index in [1.165, 1.54) is 6.21 Å². The third kappa shape index (κ3) is 1.00. The Kier molecular flexibility index (Phi) is 1.46. The fourth-order valence-electron chi connectivity index (χ4n) is 0.515. The van der Waals surface area contributed by atoms with E-state index in [-0.39, 0.29) is 5.96 Å². The van der Waals surface area contributed by atoms with E-state index in [0.29, 0.717) is 0 Å². The van der Waals surface area contributed by atoms with Crippen molar-refractivity contribution in [1.82, 2.24) is 0 Å². The minimum Gasteiger partial charge on any atom is -0.368 e. The Morgan fingerprint density at radius 3 is 3.00 bits per heavy atom. The van der Waals surface area contributed by atoms with Gasteiger partial charge in [-0.15, -0.1) is 0 Å². The van der Waals surface area contributed by atoms with Crippen LogP contribution >= 0.6 is 0 Å². The number of amides is 1. The molecule has 0 aromatic carbocycles.